The highest BCUT2D eigenvalue weighted by Gasteiger charge is 2.23. The Bertz CT molecular complexity index is 603. The smallest absolute Gasteiger partial charge is 0.0496 e. The molecular weight excluding hydrogens is 339 g/mol. The largest absolute Gasteiger partial charge is 0.322 e. The predicted octanol–water partition coefficient (Wildman–Crippen LogP) is 5.08. The van der Waals surface area contributed by atoms with Crippen LogP contribution in [0.25, 0.3) is 0 Å². The van der Waals surface area contributed by atoms with Gasteiger partial charge in [0.1, 0.15) is 0 Å². The number of rotatable bonds is 3. The maximum Gasteiger partial charge on any atom is 0.0496 e. The predicted molar refractivity (Wildman–Crippen MR) is 110 cm³/mol. The van der Waals surface area contributed by atoms with Gasteiger partial charge in [0, 0.05) is 12.1 Å². The average Bonchev–Trinajstić information content (AvgIpc) is 2.35. The summed E-state index contributed by atoms with van der Waals surface area (Å²) in [6, 6.07) is 8.35. The third kappa shape index (κ3) is 4.52. The zero-order valence-electron chi connectivity index (χ0n) is 15.4. The molecule has 0 aliphatic rings. The first-order valence-corrected chi connectivity index (χ1v) is 7.89. The molecule has 2 rings (SSSR count). The van der Waals surface area contributed by atoms with Crippen molar-refractivity contribution in [2.45, 2.75) is 53.6 Å². The monoisotopic (exact) mass is 368 g/mol. The van der Waals surface area contributed by atoms with E-state index < -0.39 is 0 Å². The Balaban J connectivity index is 0.00000264. The van der Waals surface area contributed by atoms with Crippen molar-refractivity contribution in [1.82, 2.24) is 0 Å². The first-order valence-electron chi connectivity index (χ1n) is 7.89. The molecule has 0 radical (unpaired) electrons. The van der Waals surface area contributed by atoms with Crippen LogP contribution in [0.2, 0.25) is 0 Å². The van der Waals surface area contributed by atoms with Crippen molar-refractivity contribution >= 4 is 24.8 Å². The number of halogens is 2. The van der Waals surface area contributed by atoms with Crippen molar-refractivity contribution in [2.24, 2.45) is 11.5 Å². The number of benzene rings is 2. The minimum atomic E-state index is -0.194. The summed E-state index contributed by atoms with van der Waals surface area (Å²) in [6.45, 7) is 12.7. The lowest BCUT2D eigenvalue weighted by Crippen LogP contribution is -2.29. The summed E-state index contributed by atoms with van der Waals surface area (Å²) in [5.41, 5.74) is 22.9. The maximum absolute atomic E-state index is 6.57. The van der Waals surface area contributed by atoms with Crippen LogP contribution in [0.15, 0.2) is 24.3 Å². The lowest BCUT2D eigenvalue weighted by atomic mass is 9.85. The molecule has 24 heavy (non-hydrogen) atoms. The summed E-state index contributed by atoms with van der Waals surface area (Å²) >= 11 is 0. The minimum Gasteiger partial charge on any atom is -0.322 e. The van der Waals surface area contributed by atoms with E-state index in [1.54, 1.807) is 0 Å². The van der Waals surface area contributed by atoms with Crippen LogP contribution in [0, 0.1) is 41.5 Å². The van der Waals surface area contributed by atoms with Gasteiger partial charge >= 0.3 is 0 Å². The molecule has 0 aromatic heterocycles. The molecule has 0 spiro atoms. The molecule has 0 aliphatic heterocycles. The van der Waals surface area contributed by atoms with Gasteiger partial charge in [-0.05, 0) is 74.9 Å². The molecule has 0 heterocycles. The van der Waals surface area contributed by atoms with Gasteiger partial charge < -0.3 is 11.5 Å². The van der Waals surface area contributed by atoms with Crippen LogP contribution in [0.4, 0.5) is 0 Å². The van der Waals surface area contributed by atoms with E-state index in [1.165, 1.54) is 44.5 Å². The lowest BCUT2D eigenvalue weighted by molar-refractivity contribution is 0.563. The fraction of sp³-hybridized carbons (Fsp3) is 0.400. The van der Waals surface area contributed by atoms with E-state index in [0.717, 1.165) is 0 Å². The number of aryl methyl sites for hydroxylation is 6. The van der Waals surface area contributed by atoms with E-state index in [2.05, 4.69) is 65.8 Å². The van der Waals surface area contributed by atoms with Crippen LogP contribution in [-0.2, 0) is 0 Å². The summed E-state index contributed by atoms with van der Waals surface area (Å²) in [7, 11) is 0. The molecule has 0 saturated heterocycles. The van der Waals surface area contributed by atoms with Gasteiger partial charge in [-0.1, -0.05) is 35.4 Å². The fourth-order valence-electron chi connectivity index (χ4n) is 3.79. The molecule has 2 aromatic rings. The van der Waals surface area contributed by atoms with Gasteiger partial charge in [-0.15, -0.1) is 24.8 Å². The molecule has 4 heteroatoms. The van der Waals surface area contributed by atoms with Gasteiger partial charge in [0.25, 0.3) is 0 Å². The van der Waals surface area contributed by atoms with E-state index in [1.807, 2.05) is 0 Å². The van der Waals surface area contributed by atoms with Crippen molar-refractivity contribution in [3.05, 3.63) is 68.8 Å². The molecule has 2 aromatic carbocycles. The summed E-state index contributed by atoms with van der Waals surface area (Å²) in [5, 5.41) is 0. The number of hydrogen-bond donors (Lipinski definition) is 2. The lowest BCUT2D eigenvalue weighted by Gasteiger charge is -2.27. The summed E-state index contributed by atoms with van der Waals surface area (Å²) < 4.78 is 0. The average molecular weight is 369 g/mol. The molecule has 0 aliphatic carbocycles. The first kappa shape index (κ1) is 22.9. The second-order valence-electron chi connectivity index (χ2n) is 6.68. The SMILES string of the molecule is Cc1cc(C)c([C@@H](N)[C@H](N)c2c(C)cc(C)cc2C)c(C)c1.Cl.Cl. The Morgan fingerprint density at radius 3 is 0.958 bits per heavy atom. The van der Waals surface area contributed by atoms with Crippen LogP contribution < -0.4 is 11.5 Å². The van der Waals surface area contributed by atoms with Gasteiger partial charge in [-0.2, -0.15) is 0 Å². The number of nitrogens with two attached hydrogens (primary N) is 2. The first-order chi connectivity index (χ1) is 10.2. The molecule has 0 unspecified atom stereocenters. The molecule has 4 N–H and O–H groups in total. The highest BCUT2D eigenvalue weighted by molar-refractivity contribution is 5.85. The van der Waals surface area contributed by atoms with Crippen LogP contribution in [0.3, 0.4) is 0 Å². The van der Waals surface area contributed by atoms with E-state index in [0.29, 0.717) is 0 Å². The summed E-state index contributed by atoms with van der Waals surface area (Å²) in [5.74, 6) is 0. The van der Waals surface area contributed by atoms with Gasteiger partial charge in [-0.3, -0.25) is 0 Å². The Morgan fingerprint density at radius 1 is 0.542 bits per heavy atom. The third-order valence-corrected chi connectivity index (χ3v) is 4.53. The van der Waals surface area contributed by atoms with Crippen molar-refractivity contribution in [1.29, 1.82) is 0 Å². The molecule has 0 bridgehead atoms. The molecule has 2 nitrogen and oxygen atoms in total. The third-order valence-electron chi connectivity index (χ3n) is 4.53. The van der Waals surface area contributed by atoms with Crippen molar-refractivity contribution < 1.29 is 0 Å². The topological polar surface area (TPSA) is 52.0 Å². The standard InChI is InChI=1S/C20H28N2.2ClH/c1-11-7-13(3)17(14(4)8-11)19(21)20(22)18-15(5)9-12(2)10-16(18)6;;/h7-10,19-20H,21-22H2,1-6H3;2*1H/t19-,20-;;/m1../s1. The van der Waals surface area contributed by atoms with E-state index in [9.17, 15) is 0 Å². The highest BCUT2D eigenvalue weighted by atomic mass is 35.5. The second-order valence-corrected chi connectivity index (χ2v) is 6.68. The summed E-state index contributed by atoms with van der Waals surface area (Å²) in [6.07, 6.45) is 0. The molecular formula is C20H30Cl2N2. The molecule has 134 valence electrons. The number of hydrogen-bond acceptors (Lipinski definition) is 2. The molecule has 2 atom stereocenters. The van der Waals surface area contributed by atoms with Crippen molar-refractivity contribution in [3.63, 3.8) is 0 Å². The Labute approximate surface area is 158 Å². The van der Waals surface area contributed by atoms with Crippen LogP contribution in [0.1, 0.15) is 56.6 Å². The summed E-state index contributed by atoms with van der Waals surface area (Å²) in [4.78, 5) is 0. The van der Waals surface area contributed by atoms with E-state index in [-0.39, 0.29) is 36.9 Å². The zero-order chi connectivity index (χ0) is 16.6. The van der Waals surface area contributed by atoms with Gasteiger partial charge in [0.05, 0.1) is 0 Å². The Morgan fingerprint density at radius 2 is 0.750 bits per heavy atom. The van der Waals surface area contributed by atoms with E-state index >= 15 is 0 Å². The zero-order valence-corrected chi connectivity index (χ0v) is 17.1. The second kappa shape index (κ2) is 8.87. The molecule has 0 amide bonds. The van der Waals surface area contributed by atoms with E-state index in [4.69, 9.17) is 11.5 Å². The quantitative estimate of drug-likeness (QED) is 0.793. The van der Waals surface area contributed by atoms with Crippen molar-refractivity contribution in [2.75, 3.05) is 0 Å². The minimum absolute atomic E-state index is 0. The van der Waals surface area contributed by atoms with Gasteiger partial charge in [-0.25, -0.2) is 0 Å². The normalized spacial score (nSPS) is 12.8. The van der Waals surface area contributed by atoms with Crippen molar-refractivity contribution in [3.8, 4) is 0 Å². The Kier molecular flexibility index (Phi) is 8.47. The molecule has 0 fully saturated rings. The van der Waals surface area contributed by atoms with Gasteiger partial charge in [0.15, 0.2) is 0 Å². The molecule has 0 saturated carbocycles. The fourth-order valence-corrected chi connectivity index (χ4v) is 3.79. The maximum atomic E-state index is 6.57. The van der Waals surface area contributed by atoms with Crippen LogP contribution in [-0.4, -0.2) is 0 Å². The Hall–Kier alpha value is -1.06. The van der Waals surface area contributed by atoms with Gasteiger partial charge in [0.2, 0.25) is 0 Å². The van der Waals surface area contributed by atoms with Crippen LogP contribution >= 0.6 is 24.8 Å². The highest BCUT2D eigenvalue weighted by Crippen LogP contribution is 2.33. The van der Waals surface area contributed by atoms with Crippen LogP contribution in [0.5, 0.6) is 0 Å².